The van der Waals surface area contributed by atoms with Crippen LogP contribution in [0.1, 0.15) is 25.3 Å². The first-order valence-corrected chi connectivity index (χ1v) is 7.52. The Kier molecular flexibility index (Phi) is 4.95. The van der Waals surface area contributed by atoms with Crippen LogP contribution in [0.4, 0.5) is 5.69 Å². The molecule has 0 N–H and O–H groups in total. The van der Waals surface area contributed by atoms with Gasteiger partial charge in [-0.1, -0.05) is 42.7 Å². The van der Waals surface area contributed by atoms with Gasteiger partial charge in [-0.05, 0) is 25.5 Å². The minimum Gasteiger partial charge on any atom is -0.361 e. The van der Waals surface area contributed by atoms with Crippen molar-refractivity contribution in [2.75, 3.05) is 0 Å². The third kappa shape index (κ3) is 3.03. The van der Waals surface area contributed by atoms with Gasteiger partial charge in [-0.2, -0.15) is 0 Å². The summed E-state index contributed by atoms with van der Waals surface area (Å²) >= 11 is 6.06. The third-order valence-electron chi connectivity index (χ3n) is 3.30. The number of benzene rings is 1. The quantitative estimate of drug-likeness (QED) is 0.481. The molecule has 0 saturated heterocycles. The summed E-state index contributed by atoms with van der Waals surface area (Å²) in [6.07, 6.45) is 1.17. The number of nitro groups is 1. The van der Waals surface area contributed by atoms with Crippen LogP contribution in [0.2, 0.25) is 5.02 Å². The average molecular weight is 334 g/mol. The molecule has 0 aliphatic rings. The number of rotatable bonds is 2. The Morgan fingerprint density at radius 1 is 1.26 bits per heavy atom. The van der Waals surface area contributed by atoms with E-state index in [9.17, 15) is 10.1 Å². The molecule has 120 valence electrons. The molecule has 1 aromatic carbocycles. The Bertz CT molecular complexity index is 855. The first-order valence-electron chi connectivity index (χ1n) is 7.15. The van der Waals surface area contributed by atoms with E-state index < -0.39 is 4.92 Å². The standard InChI is InChI=1S/C14H10ClN3O3.C2H6/c1-7-13(8(2)21-17-7)9-3-4-10-11(5-9)16-6-12(14(10)15)18(19)20;1-2/h3-6H,1-2H3;1-2H3. The summed E-state index contributed by atoms with van der Waals surface area (Å²) in [6.45, 7) is 7.68. The van der Waals surface area contributed by atoms with Crippen molar-refractivity contribution in [2.45, 2.75) is 27.7 Å². The van der Waals surface area contributed by atoms with Crippen molar-refractivity contribution in [1.82, 2.24) is 10.1 Å². The fraction of sp³-hybridized carbons (Fsp3) is 0.250. The summed E-state index contributed by atoms with van der Waals surface area (Å²) in [7, 11) is 0. The Morgan fingerprint density at radius 2 is 1.96 bits per heavy atom. The molecule has 6 nitrogen and oxygen atoms in total. The summed E-state index contributed by atoms with van der Waals surface area (Å²) in [4.78, 5) is 14.4. The SMILES string of the molecule is CC.Cc1noc(C)c1-c1ccc2c(Cl)c([N+](=O)[O-])cnc2c1. The number of pyridine rings is 1. The normalized spacial score (nSPS) is 10.3. The Hall–Kier alpha value is -2.47. The van der Waals surface area contributed by atoms with Crippen LogP contribution in [-0.2, 0) is 0 Å². The molecule has 0 atom stereocenters. The molecule has 0 aliphatic carbocycles. The van der Waals surface area contributed by atoms with Gasteiger partial charge >= 0.3 is 5.69 Å². The van der Waals surface area contributed by atoms with E-state index in [1.54, 1.807) is 6.07 Å². The van der Waals surface area contributed by atoms with Gasteiger partial charge in [0.25, 0.3) is 0 Å². The van der Waals surface area contributed by atoms with E-state index in [4.69, 9.17) is 16.1 Å². The number of nitrogens with zero attached hydrogens (tertiary/aromatic N) is 3. The summed E-state index contributed by atoms with van der Waals surface area (Å²) in [5, 5.41) is 15.4. The number of fused-ring (bicyclic) bond motifs is 1. The Labute approximate surface area is 138 Å². The van der Waals surface area contributed by atoms with Crippen molar-refractivity contribution in [2.24, 2.45) is 0 Å². The highest BCUT2D eigenvalue weighted by molar-refractivity contribution is 6.37. The highest BCUT2D eigenvalue weighted by Gasteiger charge is 2.18. The second kappa shape index (κ2) is 6.75. The monoisotopic (exact) mass is 333 g/mol. The van der Waals surface area contributed by atoms with Crippen LogP contribution in [-0.4, -0.2) is 15.1 Å². The molecule has 0 radical (unpaired) electrons. The van der Waals surface area contributed by atoms with Crippen molar-refractivity contribution in [1.29, 1.82) is 0 Å². The maximum absolute atomic E-state index is 10.9. The van der Waals surface area contributed by atoms with E-state index in [2.05, 4.69) is 10.1 Å². The summed E-state index contributed by atoms with van der Waals surface area (Å²) in [5.41, 5.74) is 2.95. The zero-order valence-electron chi connectivity index (χ0n) is 13.3. The van der Waals surface area contributed by atoms with Gasteiger partial charge in [0.2, 0.25) is 0 Å². The van der Waals surface area contributed by atoms with Gasteiger partial charge in [-0.25, -0.2) is 4.98 Å². The average Bonchev–Trinajstić information content (AvgIpc) is 2.88. The van der Waals surface area contributed by atoms with Gasteiger partial charge in [-0.3, -0.25) is 10.1 Å². The third-order valence-corrected chi connectivity index (χ3v) is 3.70. The lowest BCUT2D eigenvalue weighted by Gasteiger charge is -2.04. The van der Waals surface area contributed by atoms with E-state index in [1.807, 2.05) is 39.8 Å². The van der Waals surface area contributed by atoms with Gasteiger partial charge in [0.05, 0.1) is 16.1 Å². The molecule has 0 spiro atoms. The number of aryl methyl sites for hydroxylation is 2. The van der Waals surface area contributed by atoms with Gasteiger partial charge in [0.15, 0.2) is 0 Å². The zero-order valence-corrected chi connectivity index (χ0v) is 14.0. The van der Waals surface area contributed by atoms with Gasteiger partial charge in [0.1, 0.15) is 17.0 Å². The van der Waals surface area contributed by atoms with E-state index in [0.29, 0.717) is 16.7 Å². The van der Waals surface area contributed by atoms with Crippen LogP contribution in [0.5, 0.6) is 0 Å². The van der Waals surface area contributed by atoms with Gasteiger partial charge in [0, 0.05) is 10.9 Å². The lowest BCUT2D eigenvalue weighted by molar-refractivity contribution is -0.384. The number of aromatic nitrogens is 2. The molecular formula is C16H16ClN3O3. The topological polar surface area (TPSA) is 82.1 Å². The van der Waals surface area contributed by atoms with Crippen LogP contribution in [0, 0.1) is 24.0 Å². The smallest absolute Gasteiger partial charge is 0.306 e. The van der Waals surface area contributed by atoms with Crippen LogP contribution >= 0.6 is 11.6 Å². The summed E-state index contributed by atoms with van der Waals surface area (Å²) < 4.78 is 5.15. The molecule has 7 heteroatoms. The van der Waals surface area contributed by atoms with E-state index >= 15 is 0 Å². The highest BCUT2D eigenvalue weighted by atomic mass is 35.5. The minimum absolute atomic E-state index is 0.0929. The number of halogens is 1. The molecule has 3 rings (SSSR count). The lowest BCUT2D eigenvalue weighted by atomic mass is 10.0. The van der Waals surface area contributed by atoms with Crippen LogP contribution in [0.3, 0.4) is 0 Å². The largest absolute Gasteiger partial charge is 0.361 e. The first-order chi connectivity index (χ1) is 11.0. The minimum atomic E-state index is -0.545. The van der Waals surface area contributed by atoms with Gasteiger partial charge in [-0.15, -0.1) is 0 Å². The molecular weight excluding hydrogens is 318 g/mol. The number of hydrogen-bond donors (Lipinski definition) is 0. The fourth-order valence-electron chi connectivity index (χ4n) is 2.33. The molecule has 0 aliphatic heterocycles. The molecule has 23 heavy (non-hydrogen) atoms. The van der Waals surface area contributed by atoms with Crippen LogP contribution in [0.15, 0.2) is 28.9 Å². The van der Waals surface area contributed by atoms with Crippen LogP contribution < -0.4 is 0 Å². The van der Waals surface area contributed by atoms with Crippen molar-refractivity contribution in [3.8, 4) is 11.1 Å². The van der Waals surface area contributed by atoms with Gasteiger partial charge < -0.3 is 4.52 Å². The Morgan fingerprint density at radius 3 is 2.52 bits per heavy atom. The predicted molar refractivity (Wildman–Crippen MR) is 89.7 cm³/mol. The Balaban J connectivity index is 0.000000924. The summed E-state index contributed by atoms with van der Waals surface area (Å²) in [5.74, 6) is 0.708. The fourth-order valence-corrected chi connectivity index (χ4v) is 2.60. The molecule has 0 saturated carbocycles. The maximum Gasteiger partial charge on any atom is 0.306 e. The molecule has 2 aromatic heterocycles. The van der Waals surface area contributed by atoms with Crippen molar-refractivity contribution < 1.29 is 9.45 Å². The van der Waals surface area contributed by atoms with Crippen molar-refractivity contribution in [3.05, 3.63) is 51.0 Å². The van der Waals surface area contributed by atoms with E-state index in [-0.39, 0.29) is 10.7 Å². The molecule has 0 bridgehead atoms. The highest BCUT2D eigenvalue weighted by Crippen LogP contribution is 2.34. The molecule has 2 heterocycles. The molecule has 0 unspecified atom stereocenters. The zero-order chi connectivity index (χ0) is 17.1. The lowest BCUT2D eigenvalue weighted by Crippen LogP contribution is -1.92. The van der Waals surface area contributed by atoms with E-state index in [1.165, 1.54) is 6.20 Å². The molecule has 0 fully saturated rings. The number of hydrogen-bond acceptors (Lipinski definition) is 5. The maximum atomic E-state index is 10.9. The predicted octanol–water partition coefficient (Wildman–Crippen LogP) is 5.09. The van der Waals surface area contributed by atoms with Crippen molar-refractivity contribution >= 4 is 28.2 Å². The second-order valence-corrected chi connectivity index (χ2v) is 5.02. The summed E-state index contributed by atoms with van der Waals surface area (Å²) in [6, 6.07) is 5.36. The first kappa shape index (κ1) is 16.9. The van der Waals surface area contributed by atoms with Crippen molar-refractivity contribution in [3.63, 3.8) is 0 Å². The molecule has 0 amide bonds. The molecule has 3 aromatic rings. The van der Waals surface area contributed by atoms with Crippen LogP contribution in [0.25, 0.3) is 22.0 Å². The van der Waals surface area contributed by atoms with E-state index in [0.717, 1.165) is 16.8 Å². The second-order valence-electron chi connectivity index (χ2n) is 4.65.